The van der Waals surface area contributed by atoms with Gasteiger partial charge in [-0.15, -0.1) is 0 Å². The molecule has 4 nitrogen and oxygen atoms in total. The Morgan fingerprint density at radius 2 is 2.10 bits per heavy atom. The van der Waals surface area contributed by atoms with Crippen molar-refractivity contribution in [2.75, 3.05) is 0 Å². The fourth-order valence-electron chi connectivity index (χ4n) is 2.65. The van der Waals surface area contributed by atoms with Crippen LogP contribution in [0.25, 0.3) is 0 Å². The molecule has 20 heavy (non-hydrogen) atoms. The smallest absolute Gasteiger partial charge is 0.306 e. The zero-order chi connectivity index (χ0) is 14.7. The summed E-state index contributed by atoms with van der Waals surface area (Å²) in [5.74, 6) is -1.22. The Bertz CT molecular complexity index is 530. The summed E-state index contributed by atoms with van der Waals surface area (Å²) in [6.45, 7) is 1.89. The molecule has 0 heterocycles. The molecule has 1 aliphatic carbocycles. The van der Waals surface area contributed by atoms with Crippen molar-refractivity contribution < 1.29 is 14.7 Å². The predicted octanol–water partition coefficient (Wildman–Crippen LogP) is 3.13. The van der Waals surface area contributed by atoms with Gasteiger partial charge in [0, 0.05) is 16.1 Å². The first-order valence-electron chi connectivity index (χ1n) is 6.77. The second-order valence-electron chi connectivity index (χ2n) is 5.33. The number of rotatable bonds is 3. The van der Waals surface area contributed by atoms with Gasteiger partial charge in [0.15, 0.2) is 0 Å². The molecule has 1 aliphatic rings. The van der Waals surface area contributed by atoms with Crippen LogP contribution in [0.1, 0.15) is 41.6 Å². The number of hydrogen-bond donors (Lipinski definition) is 2. The van der Waals surface area contributed by atoms with Crippen molar-refractivity contribution >= 4 is 27.8 Å². The van der Waals surface area contributed by atoms with Crippen LogP contribution < -0.4 is 5.32 Å². The van der Waals surface area contributed by atoms with Crippen molar-refractivity contribution in [3.63, 3.8) is 0 Å². The Kier molecular flexibility index (Phi) is 4.81. The molecular formula is C15H18BrNO3. The summed E-state index contributed by atoms with van der Waals surface area (Å²) in [5.41, 5.74) is 1.55. The molecule has 0 spiro atoms. The van der Waals surface area contributed by atoms with E-state index in [1.807, 2.05) is 19.1 Å². The minimum atomic E-state index is -0.761. The van der Waals surface area contributed by atoms with Gasteiger partial charge in [-0.2, -0.15) is 0 Å². The molecule has 1 amide bonds. The second kappa shape index (κ2) is 6.39. The van der Waals surface area contributed by atoms with Gasteiger partial charge in [0.2, 0.25) is 0 Å². The third kappa shape index (κ3) is 3.60. The maximum atomic E-state index is 12.3. The van der Waals surface area contributed by atoms with Crippen LogP contribution in [0, 0.1) is 12.8 Å². The van der Waals surface area contributed by atoms with Crippen molar-refractivity contribution in [1.82, 2.24) is 5.32 Å². The lowest BCUT2D eigenvalue weighted by molar-refractivity contribution is -0.143. The topological polar surface area (TPSA) is 66.4 Å². The average Bonchev–Trinajstić information content (AvgIpc) is 2.41. The molecule has 0 saturated heterocycles. The highest BCUT2D eigenvalue weighted by Gasteiger charge is 2.28. The van der Waals surface area contributed by atoms with E-state index in [9.17, 15) is 9.59 Å². The van der Waals surface area contributed by atoms with Crippen molar-refractivity contribution in [2.24, 2.45) is 5.92 Å². The molecule has 108 valence electrons. The predicted molar refractivity (Wildman–Crippen MR) is 79.7 cm³/mol. The van der Waals surface area contributed by atoms with E-state index in [1.54, 1.807) is 6.07 Å². The number of aryl methyl sites for hydroxylation is 1. The fraction of sp³-hybridized carbons (Fsp3) is 0.467. The first-order valence-corrected chi connectivity index (χ1v) is 7.56. The van der Waals surface area contributed by atoms with E-state index in [0.29, 0.717) is 18.4 Å². The van der Waals surface area contributed by atoms with Crippen LogP contribution in [0.5, 0.6) is 0 Å². The molecule has 5 heteroatoms. The zero-order valence-corrected chi connectivity index (χ0v) is 12.9. The molecule has 0 bridgehead atoms. The maximum absolute atomic E-state index is 12.3. The summed E-state index contributed by atoms with van der Waals surface area (Å²) in [6.07, 6.45) is 2.92. The van der Waals surface area contributed by atoms with Gasteiger partial charge in [0.1, 0.15) is 0 Å². The van der Waals surface area contributed by atoms with Gasteiger partial charge in [-0.3, -0.25) is 9.59 Å². The molecule has 0 aliphatic heterocycles. The quantitative estimate of drug-likeness (QED) is 0.888. The number of carboxylic acid groups (broad SMARTS) is 1. The van der Waals surface area contributed by atoms with Crippen molar-refractivity contribution in [3.05, 3.63) is 33.8 Å². The summed E-state index contributed by atoms with van der Waals surface area (Å²) in [6, 6.07) is 5.53. The van der Waals surface area contributed by atoms with E-state index in [2.05, 4.69) is 21.2 Å². The monoisotopic (exact) mass is 339 g/mol. The number of halogens is 1. The van der Waals surface area contributed by atoms with Crippen LogP contribution in [0.15, 0.2) is 22.7 Å². The van der Waals surface area contributed by atoms with Crippen LogP contribution in [-0.4, -0.2) is 23.0 Å². The van der Waals surface area contributed by atoms with Gasteiger partial charge in [0.05, 0.1) is 5.92 Å². The van der Waals surface area contributed by atoms with Crippen LogP contribution in [0.4, 0.5) is 0 Å². The summed E-state index contributed by atoms with van der Waals surface area (Å²) < 4.78 is 0.861. The van der Waals surface area contributed by atoms with Gasteiger partial charge in [0.25, 0.3) is 5.91 Å². The Hall–Kier alpha value is -1.36. The van der Waals surface area contributed by atoms with Crippen LogP contribution >= 0.6 is 15.9 Å². The number of nitrogens with one attached hydrogen (secondary N) is 1. The lowest BCUT2D eigenvalue weighted by atomic mass is 9.85. The number of carbonyl (C=O) groups excluding carboxylic acids is 1. The molecular weight excluding hydrogens is 322 g/mol. The number of carbonyl (C=O) groups is 2. The van der Waals surface area contributed by atoms with Gasteiger partial charge < -0.3 is 10.4 Å². The number of hydrogen-bond acceptors (Lipinski definition) is 2. The van der Waals surface area contributed by atoms with Gasteiger partial charge in [-0.25, -0.2) is 0 Å². The lowest BCUT2D eigenvalue weighted by Crippen LogP contribution is -2.40. The summed E-state index contributed by atoms with van der Waals surface area (Å²) >= 11 is 3.36. The fourth-order valence-corrected chi connectivity index (χ4v) is 3.01. The Morgan fingerprint density at radius 1 is 1.35 bits per heavy atom. The summed E-state index contributed by atoms with van der Waals surface area (Å²) in [4.78, 5) is 23.3. The largest absolute Gasteiger partial charge is 0.481 e. The molecule has 1 fully saturated rings. The van der Waals surface area contributed by atoms with Crippen LogP contribution in [-0.2, 0) is 4.79 Å². The van der Waals surface area contributed by atoms with Crippen LogP contribution in [0.2, 0.25) is 0 Å². The molecule has 0 radical (unpaired) electrons. The van der Waals surface area contributed by atoms with Gasteiger partial charge in [-0.1, -0.05) is 28.4 Å². The normalized spacial score (nSPS) is 22.3. The zero-order valence-electron chi connectivity index (χ0n) is 11.4. The van der Waals surface area contributed by atoms with E-state index in [1.165, 1.54) is 0 Å². The highest BCUT2D eigenvalue weighted by atomic mass is 79.9. The number of carboxylic acids is 1. The van der Waals surface area contributed by atoms with E-state index >= 15 is 0 Å². The molecule has 1 aromatic carbocycles. The molecule has 0 aromatic heterocycles. The van der Waals surface area contributed by atoms with E-state index in [-0.39, 0.29) is 17.9 Å². The van der Waals surface area contributed by atoms with Crippen molar-refractivity contribution in [2.45, 2.75) is 38.6 Å². The Labute approximate surface area is 126 Å². The minimum Gasteiger partial charge on any atom is -0.481 e. The lowest BCUT2D eigenvalue weighted by Gasteiger charge is -2.27. The summed E-state index contributed by atoms with van der Waals surface area (Å²) in [7, 11) is 0. The molecule has 1 aromatic rings. The third-order valence-corrected chi connectivity index (χ3v) is 4.30. The minimum absolute atomic E-state index is 0.0456. The molecule has 1 saturated carbocycles. The van der Waals surface area contributed by atoms with Gasteiger partial charge >= 0.3 is 5.97 Å². The molecule has 2 unspecified atom stereocenters. The Balaban J connectivity index is 2.04. The maximum Gasteiger partial charge on any atom is 0.306 e. The SMILES string of the molecule is Cc1ccc(Br)cc1C(=O)NC1CCCC(C(=O)O)C1. The standard InChI is InChI=1S/C15H18BrNO3/c1-9-5-6-11(16)8-13(9)14(18)17-12-4-2-3-10(7-12)15(19)20/h5-6,8,10,12H,2-4,7H2,1H3,(H,17,18)(H,19,20). The highest BCUT2D eigenvalue weighted by molar-refractivity contribution is 9.10. The molecule has 2 atom stereocenters. The number of benzene rings is 1. The van der Waals surface area contributed by atoms with E-state index in [0.717, 1.165) is 22.9 Å². The van der Waals surface area contributed by atoms with Crippen molar-refractivity contribution in [1.29, 1.82) is 0 Å². The van der Waals surface area contributed by atoms with Crippen molar-refractivity contribution in [3.8, 4) is 0 Å². The molecule has 2 rings (SSSR count). The second-order valence-corrected chi connectivity index (χ2v) is 6.25. The Morgan fingerprint density at radius 3 is 2.80 bits per heavy atom. The summed E-state index contributed by atoms with van der Waals surface area (Å²) in [5, 5.41) is 12.0. The van der Waals surface area contributed by atoms with E-state index < -0.39 is 5.97 Å². The molecule has 2 N–H and O–H groups in total. The van der Waals surface area contributed by atoms with Crippen LogP contribution in [0.3, 0.4) is 0 Å². The number of aliphatic carboxylic acids is 1. The first kappa shape index (κ1) is 15.0. The third-order valence-electron chi connectivity index (χ3n) is 3.80. The van der Waals surface area contributed by atoms with Gasteiger partial charge in [-0.05, 0) is 43.9 Å². The first-order chi connectivity index (χ1) is 9.47. The average molecular weight is 340 g/mol. The highest BCUT2D eigenvalue weighted by Crippen LogP contribution is 2.25. The number of amides is 1. The van der Waals surface area contributed by atoms with E-state index in [4.69, 9.17) is 5.11 Å².